The number of nitrogens with zero attached hydrogens (tertiary/aromatic N) is 1. The molecule has 0 aliphatic carbocycles. The first kappa shape index (κ1) is 20.7. The van der Waals surface area contributed by atoms with Crippen LogP contribution in [0, 0.1) is 0 Å². The maximum Gasteiger partial charge on any atom is 0.266 e. The molecule has 0 radical (unpaired) electrons. The van der Waals surface area contributed by atoms with Gasteiger partial charge in [0.2, 0.25) is 5.91 Å². The van der Waals surface area contributed by atoms with Gasteiger partial charge in [0.1, 0.15) is 10.1 Å². The lowest BCUT2D eigenvalue weighted by Crippen LogP contribution is -2.34. The molecule has 2 amide bonds. The smallest absolute Gasteiger partial charge is 0.266 e. The number of benzene rings is 1. The summed E-state index contributed by atoms with van der Waals surface area (Å²) in [6.45, 7) is 0.740. The summed E-state index contributed by atoms with van der Waals surface area (Å²) in [5.74, 6) is 0.258. The molecule has 1 aromatic carbocycles. The van der Waals surface area contributed by atoms with Crippen LogP contribution in [0.2, 0.25) is 5.02 Å². The van der Waals surface area contributed by atoms with Gasteiger partial charge in [-0.1, -0.05) is 35.6 Å². The first-order chi connectivity index (χ1) is 14.5. The third kappa shape index (κ3) is 4.61. The third-order valence-electron chi connectivity index (χ3n) is 4.70. The van der Waals surface area contributed by atoms with E-state index in [1.807, 2.05) is 24.4 Å². The van der Waals surface area contributed by atoms with E-state index in [2.05, 4.69) is 10.3 Å². The van der Waals surface area contributed by atoms with E-state index in [0.29, 0.717) is 33.0 Å². The standard InChI is InChI=1S/C21H18ClN3O3S2/c22-14-3-4-17-16(10-14)13(12-24-17)5-7-23-19(26)6-8-25-20(27)18(30-21(25)29)11-15-2-1-9-28-15/h1-4,9-12,24H,5-8H2,(H,23,26)/b18-11+. The molecule has 1 aliphatic heterocycles. The average molecular weight is 460 g/mol. The SMILES string of the molecule is O=C(CCN1C(=O)/C(=C\c2ccco2)SC1=S)NCCc1c[nH]c2ccc(Cl)cc12. The second kappa shape index (κ2) is 9.07. The number of fused-ring (bicyclic) bond motifs is 1. The Morgan fingerprint density at radius 3 is 3.03 bits per heavy atom. The number of hydrogen-bond donors (Lipinski definition) is 2. The molecule has 3 aromatic rings. The molecule has 30 heavy (non-hydrogen) atoms. The Morgan fingerprint density at radius 1 is 1.37 bits per heavy atom. The maximum atomic E-state index is 12.5. The van der Waals surface area contributed by atoms with Crippen LogP contribution in [-0.2, 0) is 16.0 Å². The van der Waals surface area contributed by atoms with Crippen molar-refractivity contribution in [3.05, 3.63) is 64.0 Å². The summed E-state index contributed by atoms with van der Waals surface area (Å²) < 4.78 is 5.69. The Kier molecular flexibility index (Phi) is 6.26. The lowest BCUT2D eigenvalue weighted by molar-refractivity contribution is -0.123. The van der Waals surface area contributed by atoms with Crippen LogP contribution in [-0.4, -0.2) is 39.1 Å². The van der Waals surface area contributed by atoms with Crippen molar-refractivity contribution < 1.29 is 14.0 Å². The largest absolute Gasteiger partial charge is 0.465 e. The lowest BCUT2D eigenvalue weighted by Gasteiger charge is -2.14. The highest BCUT2D eigenvalue weighted by Crippen LogP contribution is 2.32. The summed E-state index contributed by atoms with van der Waals surface area (Å²) in [6.07, 6.45) is 5.99. The molecular weight excluding hydrogens is 442 g/mol. The summed E-state index contributed by atoms with van der Waals surface area (Å²) in [7, 11) is 0. The Bertz CT molecular complexity index is 1140. The van der Waals surface area contributed by atoms with Crippen LogP contribution in [0.1, 0.15) is 17.7 Å². The second-order valence-electron chi connectivity index (χ2n) is 6.70. The van der Waals surface area contributed by atoms with Crippen LogP contribution >= 0.6 is 35.6 Å². The fourth-order valence-corrected chi connectivity index (χ4v) is 4.65. The number of halogens is 1. The highest BCUT2D eigenvalue weighted by Gasteiger charge is 2.32. The van der Waals surface area contributed by atoms with Crippen LogP contribution in [0.15, 0.2) is 52.1 Å². The molecule has 154 valence electrons. The van der Waals surface area contributed by atoms with Gasteiger partial charge in [0, 0.05) is 47.7 Å². The van der Waals surface area contributed by atoms with Crippen molar-refractivity contribution in [1.29, 1.82) is 0 Å². The quantitative estimate of drug-likeness (QED) is 0.405. The van der Waals surface area contributed by atoms with E-state index in [-0.39, 0.29) is 24.8 Å². The summed E-state index contributed by atoms with van der Waals surface area (Å²) in [4.78, 5) is 29.9. The number of hydrogen-bond acceptors (Lipinski definition) is 5. The molecule has 0 saturated carbocycles. The van der Waals surface area contributed by atoms with E-state index in [9.17, 15) is 9.59 Å². The van der Waals surface area contributed by atoms with Crippen LogP contribution < -0.4 is 5.32 Å². The number of H-pyrrole nitrogens is 1. The Balaban J connectivity index is 1.27. The number of nitrogens with one attached hydrogen (secondary N) is 2. The third-order valence-corrected chi connectivity index (χ3v) is 6.31. The van der Waals surface area contributed by atoms with Crippen molar-refractivity contribution in [2.45, 2.75) is 12.8 Å². The topological polar surface area (TPSA) is 78.3 Å². The van der Waals surface area contributed by atoms with Gasteiger partial charge in [-0.2, -0.15) is 0 Å². The summed E-state index contributed by atoms with van der Waals surface area (Å²) in [5, 5.41) is 4.63. The van der Waals surface area contributed by atoms with Crippen LogP contribution in [0.5, 0.6) is 0 Å². The van der Waals surface area contributed by atoms with Gasteiger partial charge < -0.3 is 14.7 Å². The number of carbonyl (C=O) groups is 2. The van der Waals surface area contributed by atoms with Crippen molar-refractivity contribution in [3.63, 3.8) is 0 Å². The molecule has 0 unspecified atom stereocenters. The van der Waals surface area contributed by atoms with E-state index in [1.54, 1.807) is 24.5 Å². The summed E-state index contributed by atoms with van der Waals surface area (Å²) in [6, 6.07) is 9.20. The predicted octanol–water partition coefficient (Wildman–Crippen LogP) is 4.36. The minimum Gasteiger partial charge on any atom is -0.465 e. The highest BCUT2D eigenvalue weighted by atomic mass is 35.5. The van der Waals surface area contributed by atoms with Crippen molar-refractivity contribution in [2.75, 3.05) is 13.1 Å². The van der Waals surface area contributed by atoms with Crippen molar-refractivity contribution in [3.8, 4) is 0 Å². The molecule has 0 bridgehead atoms. The average Bonchev–Trinajstić information content (AvgIpc) is 3.42. The predicted molar refractivity (Wildman–Crippen MR) is 123 cm³/mol. The zero-order valence-corrected chi connectivity index (χ0v) is 18.2. The van der Waals surface area contributed by atoms with Crippen LogP contribution in [0.25, 0.3) is 17.0 Å². The monoisotopic (exact) mass is 459 g/mol. The molecule has 0 atom stereocenters. The fraction of sp³-hybridized carbons (Fsp3) is 0.190. The summed E-state index contributed by atoms with van der Waals surface area (Å²) in [5.41, 5.74) is 2.10. The van der Waals surface area contributed by atoms with Crippen molar-refractivity contribution in [2.24, 2.45) is 0 Å². The number of rotatable bonds is 7. The van der Waals surface area contributed by atoms with E-state index in [4.69, 9.17) is 28.2 Å². The molecule has 4 rings (SSSR count). The molecule has 9 heteroatoms. The Hall–Kier alpha value is -2.55. The first-order valence-corrected chi connectivity index (χ1v) is 10.9. The van der Waals surface area contributed by atoms with E-state index < -0.39 is 0 Å². The van der Waals surface area contributed by atoms with Crippen molar-refractivity contribution in [1.82, 2.24) is 15.2 Å². The van der Waals surface area contributed by atoms with Crippen LogP contribution in [0.3, 0.4) is 0 Å². The Morgan fingerprint density at radius 2 is 2.23 bits per heavy atom. The zero-order valence-electron chi connectivity index (χ0n) is 15.8. The number of thioether (sulfide) groups is 1. The molecule has 1 saturated heterocycles. The van der Waals surface area contributed by atoms with Gasteiger partial charge in [-0.3, -0.25) is 14.5 Å². The van der Waals surface area contributed by atoms with Gasteiger partial charge in [-0.25, -0.2) is 0 Å². The number of furan rings is 1. The molecule has 2 aromatic heterocycles. The molecule has 1 fully saturated rings. The molecule has 0 spiro atoms. The van der Waals surface area contributed by atoms with Crippen molar-refractivity contribution >= 4 is 68.7 Å². The van der Waals surface area contributed by atoms with Gasteiger partial charge in [0.05, 0.1) is 11.2 Å². The minimum atomic E-state index is -0.204. The van der Waals surface area contributed by atoms with E-state index >= 15 is 0 Å². The molecule has 3 heterocycles. The van der Waals surface area contributed by atoms with Gasteiger partial charge in [0.15, 0.2) is 0 Å². The molecule has 1 aliphatic rings. The molecular formula is C21H18ClN3O3S2. The number of amides is 2. The highest BCUT2D eigenvalue weighted by molar-refractivity contribution is 8.26. The number of carbonyl (C=O) groups excluding carboxylic acids is 2. The van der Waals surface area contributed by atoms with E-state index in [0.717, 1.165) is 16.5 Å². The molecule has 6 nitrogen and oxygen atoms in total. The number of thiocarbonyl (C=S) groups is 1. The van der Waals surface area contributed by atoms with Gasteiger partial charge in [0.25, 0.3) is 5.91 Å². The zero-order chi connectivity index (χ0) is 21.1. The number of aromatic nitrogens is 1. The molecule has 2 N–H and O–H groups in total. The maximum absolute atomic E-state index is 12.5. The Labute approximate surface area is 187 Å². The van der Waals surface area contributed by atoms with Gasteiger partial charge in [-0.15, -0.1) is 0 Å². The van der Waals surface area contributed by atoms with E-state index in [1.165, 1.54) is 16.7 Å². The van der Waals surface area contributed by atoms with Crippen LogP contribution in [0.4, 0.5) is 0 Å². The number of aromatic amines is 1. The minimum absolute atomic E-state index is 0.128. The summed E-state index contributed by atoms with van der Waals surface area (Å²) >= 11 is 12.6. The lowest BCUT2D eigenvalue weighted by atomic mass is 10.1. The van der Waals surface area contributed by atoms with Gasteiger partial charge in [-0.05, 0) is 42.3 Å². The second-order valence-corrected chi connectivity index (χ2v) is 8.81. The van der Waals surface area contributed by atoms with Gasteiger partial charge >= 0.3 is 0 Å². The first-order valence-electron chi connectivity index (χ1n) is 9.32. The fourth-order valence-electron chi connectivity index (χ4n) is 3.19. The normalized spacial score (nSPS) is 15.5.